The average molecular weight is 489 g/mol. The van der Waals surface area contributed by atoms with Gasteiger partial charge >= 0.3 is 12.2 Å². The van der Waals surface area contributed by atoms with E-state index in [1.807, 2.05) is 0 Å². The molecule has 2 aliphatic rings. The topological polar surface area (TPSA) is 96.7 Å². The highest BCUT2D eigenvalue weighted by Gasteiger charge is 2.61. The van der Waals surface area contributed by atoms with Crippen LogP contribution in [0, 0.1) is 17.1 Å². The molecule has 8 nitrogen and oxygen atoms in total. The molecule has 2 aromatic carbocycles. The normalized spacial score (nSPS) is 17.3. The van der Waals surface area contributed by atoms with Gasteiger partial charge in [0.25, 0.3) is 5.91 Å². The molecule has 1 spiro atoms. The Hall–Kier alpha value is -4.14. The van der Waals surface area contributed by atoms with Crippen molar-refractivity contribution in [3.05, 3.63) is 65.0 Å². The van der Waals surface area contributed by atoms with Gasteiger partial charge in [0, 0.05) is 13.6 Å². The monoisotopic (exact) mass is 489 g/mol. The Bertz CT molecular complexity index is 1230. The lowest BCUT2D eigenvalue weighted by Crippen LogP contribution is -2.81. The zero-order valence-electron chi connectivity index (χ0n) is 18.4. The van der Waals surface area contributed by atoms with Gasteiger partial charge in [-0.2, -0.15) is 18.4 Å². The van der Waals surface area contributed by atoms with Crippen LogP contribution in [0.5, 0.6) is 0 Å². The molecule has 1 N–H and O–H groups in total. The molecule has 12 heteroatoms. The molecule has 4 rings (SSSR count). The largest absolute Gasteiger partial charge is 0.416 e. The zero-order chi connectivity index (χ0) is 25.5. The van der Waals surface area contributed by atoms with Crippen molar-refractivity contribution >= 4 is 23.5 Å². The number of anilines is 1. The van der Waals surface area contributed by atoms with Gasteiger partial charge in [0.2, 0.25) is 5.91 Å². The number of hydrogen-bond donors (Lipinski definition) is 1. The van der Waals surface area contributed by atoms with Crippen LogP contribution in [0.25, 0.3) is 0 Å². The zero-order valence-corrected chi connectivity index (χ0v) is 18.4. The molecular formula is C23H19F4N5O3. The van der Waals surface area contributed by atoms with Gasteiger partial charge in [-0.15, -0.1) is 0 Å². The first-order valence-corrected chi connectivity index (χ1v) is 10.4. The summed E-state index contributed by atoms with van der Waals surface area (Å²) in [4.78, 5) is 42.4. The number of benzene rings is 2. The van der Waals surface area contributed by atoms with Crippen LogP contribution in [0.3, 0.4) is 0 Å². The lowest BCUT2D eigenvalue weighted by Gasteiger charge is -2.57. The fraction of sp³-hybridized carbons (Fsp3) is 0.304. The lowest BCUT2D eigenvalue weighted by atomic mass is 9.83. The Kier molecular flexibility index (Phi) is 5.88. The van der Waals surface area contributed by atoms with Crippen molar-refractivity contribution < 1.29 is 31.9 Å². The minimum absolute atomic E-state index is 0.0371. The van der Waals surface area contributed by atoms with Crippen molar-refractivity contribution in [1.29, 1.82) is 5.26 Å². The van der Waals surface area contributed by atoms with Crippen LogP contribution >= 0.6 is 0 Å². The summed E-state index contributed by atoms with van der Waals surface area (Å²) in [6.07, 6.45) is -4.52. The number of rotatable bonds is 3. The third-order valence-electron chi connectivity index (χ3n) is 6.15. The Morgan fingerprint density at radius 1 is 1.14 bits per heavy atom. The molecule has 35 heavy (non-hydrogen) atoms. The number of likely N-dealkylation sites (tertiary alicyclic amines) is 1. The average Bonchev–Trinajstić information content (AvgIpc) is 2.79. The summed E-state index contributed by atoms with van der Waals surface area (Å²) in [5, 5.41) is 11.4. The van der Waals surface area contributed by atoms with Gasteiger partial charge in [-0.1, -0.05) is 12.1 Å². The third-order valence-corrected chi connectivity index (χ3v) is 6.15. The maximum atomic E-state index is 14.7. The third kappa shape index (κ3) is 4.14. The Balaban J connectivity index is 1.67. The number of amides is 4. The first-order valence-electron chi connectivity index (χ1n) is 10.4. The van der Waals surface area contributed by atoms with E-state index in [4.69, 9.17) is 5.26 Å². The van der Waals surface area contributed by atoms with Crippen molar-refractivity contribution in [2.24, 2.45) is 0 Å². The van der Waals surface area contributed by atoms with E-state index in [2.05, 4.69) is 5.32 Å². The fourth-order valence-corrected chi connectivity index (χ4v) is 4.30. The standard InChI is InChI=1S/C23H19F4N5O3/c1-29-21(35)30-12-22(13-30)20(34)31(18-7-4-15(9-28)8-17(18)24)11-19(33)32(22)10-14-2-5-16(6-3-14)23(25,26)27/h2-8H,10-13H2,1H3,(H,29,35). The van der Waals surface area contributed by atoms with Crippen molar-refractivity contribution in [2.45, 2.75) is 18.3 Å². The molecule has 0 bridgehead atoms. The van der Waals surface area contributed by atoms with Crippen LogP contribution in [-0.4, -0.2) is 59.9 Å². The molecule has 0 atom stereocenters. The SMILES string of the molecule is CNC(=O)N1CC2(C1)C(=O)N(c1ccc(C#N)cc1F)CC(=O)N2Cc1ccc(C(F)(F)F)cc1. The van der Waals surface area contributed by atoms with Crippen LogP contribution in [0.15, 0.2) is 42.5 Å². The maximum Gasteiger partial charge on any atom is 0.416 e. The van der Waals surface area contributed by atoms with Crippen LogP contribution in [0.2, 0.25) is 0 Å². The summed E-state index contributed by atoms with van der Waals surface area (Å²) in [6, 6.07) is 9.01. The number of alkyl halides is 3. The van der Waals surface area contributed by atoms with Crippen LogP contribution in [0.1, 0.15) is 16.7 Å². The minimum atomic E-state index is -4.52. The molecule has 0 aliphatic carbocycles. The molecule has 0 radical (unpaired) electrons. The molecule has 0 aromatic heterocycles. The maximum absolute atomic E-state index is 14.7. The summed E-state index contributed by atoms with van der Waals surface area (Å²) in [5.74, 6) is -2.06. The number of urea groups is 1. The van der Waals surface area contributed by atoms with Crippen LogP contribution < -0.4 is 10.2 Å². The summed E-state index contributed by atoms with van der Waals surface area (Å²) in [5.41, 5.74) is -2.17. The van der Waals surface area contributed by atoms with Gasteiger partial charge in [0.15, 0.2) is 5.54 Å². The molecule has 2 fully saturated rings. The number of halogens is 4. The summed E-state index contributed by atoms with van der Waals surface area (Å²) < 4.78 is 53.4. The van der Waals surface area contributed by atoms with E-state index in [-0.39, 0.29) is 30.9 Å². The fourth-order valence-electron chi connectivity index (χ4n) is 4.30. The van der Waals surface area contributed by atoms with Gasteiger partial charge in [-0.3, -0.25) is 14.5 Å². The Labute approximate surface area is 197 Å². The number of carbonyl (C=O) groups is 3. The molecule has 0 unspecified atom stereocenters. The quantitative estimate of drug-likeness (QED) is 0.670. The van der Waals surface area contributed by atoms with Gasteiger partial charge in [0.05, 0.1) is 36.0 Å². The van der Waals surface area contributed by atoms with E-state index >= 15 is 0 Å². The molecule has 2 heterocycles. The first kappa shape index (κ1) is 24.0. The molecule has 0 saturated carbocycles. The second kappa shape index (κ2) is 8.57. The van der Waals surface area contributed by atoms with Crippen LogP contribution in [0.4, 0.5) is 28.0 Å². The number of piperazine rings is 1. The predicted octanol–water partition coefficient (Wildman–Crippen LogP) is 2.49. The van der Waals surface area contributed by atoms with Crippen molar-refractivity contribution in [1.82, 2.24) is 15.1 Å². The minimum Gasteiger partial charge on any atom is -0.341 e. The van der Waals surface area contributed by atoms with E-state index in [1.165, 1.54) is 41.1 Å². The summed E-state index contributed by atoms with van der Waals surface area (Å²) in [6.45, 7) is -1.03. The van der Waals surface area contributed by atoms with Gasteiger partial charge < -0.3 is 15.1 Å². The predicted molar refractivity (Wildman–Crippen MR) is 114 cm³/mol. The highest BCUT2D eigenvalue weighted by molar-refractivity contribution is 6.10. The number of hydrogen-bond acceptors (Lipinski definition) is 4. The van der Waals surface area contributed by atoms with E-state index in [1.54, 1.807) is 6.07 Å². The first-order chi connectivity index (χ1) is 16.5. The Morgan fingerprint density at radius 2 is 1.80 bits per heavy atom. The van der Waals surface area contributed by atoms with Crippen molar-refractivity contribution in [3.8, 4) is 6.07 Å². The van der Waals surface area contributed by atoms with E-state index in [9.17, 15) is 31.9 Å². The molecule has 2 aromatic rings. The van der Waals surface area contributed by atoms with Gasteiger partial charge in [0.1, 0.15) is 12.4 Å². The van der Waals surface area contributed by atoms with Crippen molar-refractivity contribution in [3.63, 3.8) is 0 Å². The molecule has 2 aliphatic heterocycles. The highest BCUT2D eigenvalue weighted by atomic mass is 19.4. The Morgan fingerprint density at radius 3 is 2.34 bits per heavy atom. The van der Waals surface area contributed by atoms with Gasteiger partial charge in [-0.25, -0.2) is 9.18 Å². The van der Waals surface area contributed by atoms with E-state index in [0.29, 0.717) is 5.56 Å². The molecule has 4 amide bonds. The summed E-state index contributed by atoms with van der Waals surface area (Å²) in [7, 11) is 1.40. The van der Waals surface area contributed by atoms with E-state index in [0.717, 1.165) is 23.1 Å². The summed E-state index contributed by atoms with van der Waals surface area (Å²) >= 11 is 0. The van der Waals surface area contributed by atoms with Gasteiger partial charge in [-0.05, 0) is 35.9 Å². The number of nitrogens with zero attached hydrogens (tertiary/aromatic N) is 4. The van der Waals surface area contributed by atoms with Crippen LogP contribution in [-0.2, 0) is 22.3 Å². The number of nitriles is 1. The lowest BCUT2D eigenvalue weighted by molar-refractivity contribution is -0.161. The second-order valence-electron chi connectivity index (χ2n) is 8.29. The molecular weight excluding hydrogens is 470 g/mol. The smallest absolute Gasteiger partial charge is 0.341 e. The number of carbonyl (C=O) groups excluding carboxylic acids is 3. The second-order valence-corrected chi connectivity index (χ2v) is 8.29. The van der Waals surface area contributed by atoms with E-state index < -0.39 is 47.5 Å². The highest BCUT2D eigenvalue weighted by Crippen LogP contribution is 2.38. The van der Waals surface area contributed by atoms with Crippen molar-refractivity contribution in [2.75, 3.05) is 31.6 Å². The molecule has 2 saturated heterocycles. The molecule has 182 valence electrons. The number of nitrogens with one attached hydrogen (secondary N) is 1.